The van der Waals surface area contributed by atoms with E-state index in [9.17, 15) is 4.79 Å². The van der Waals surface area contributed by atoms with E-state index in [1.165, 1.54) is 81.9 Å². The SMILES string of the molecule is CCCCCCCCC=CCCCCCCCC(=O)NCCCSc1ccncc1. The predicted molar refractivity (Wildman–Crippen MR) is 132 cm³/mol. The highest BCUT2D eigenvalue weighted by molar-refractivity contribution is 7.99. The third-order valence-corrected chi connectivity index (χ3v) is 6.33. The second-order valence-electron chi connectivity index (χ2n) is 8.07. The highest BCUT2D eigenvalue weighted by Crippen LogP contribution is 2.16. The van der Waals surface area contributed by atoms with Crippen molar-refractivity contribution < 1.29 is 4.79 Å². The van der Waals surface area contributed by atoms with Crippen LogP contribution in [0.2, 0.25) is 0 Å². The summed E-state index contributed by atoms with van der Waals surface area (Å²) < 4.78 is 0. The number of thioether (sulfide) groups is 1. The largest absolute Gasteiger partial charge is 0.356 e. The van der Waals surface area contributed by atoms with Crippen molar-refractivity contribution in [3.8, 4) is 0 Å². The van der Waals surface area contributed by atoms with Gasteiger partial charge in [0.05, 0.1) is 0 Å². The van der Waals surface area contributed by atoms with Gasteiger partial charge >= 0.3 is 0 Å². The standard InChI is InChI=1S/C26H44N2OS/c1-2-3-4-5-6-7-8-9-10-11-12-13-14-15-16-18-26(29)28-21-17-24-30-25-19-22-27-23-20-25/h9-10,19-20,22-23H,2-8,11-18,21,24H2,1H3,(H,28,29). The molecule has 0 aliphatic carbocycles. The molecule has 0 radical (unpaired) electrons. The van der Waals surface area contributed by atoms with E-state index in [-0.39, 0.29) is 5.91 Å². The van der Waals surface area contributed by atoms with Crippen LogP contribution in [0.5, 0.6) is 0 Å². The maximum Gasteiger partial charge on any atom is 0.219 e. The van der Waals surface area contributed by atoms with Gasteiger partial charge in [0.25, 0.3) is 0 Å². The molecule has 1 heterocycles. The molecule has 0 spiro atoms. The number of pyridine rings is 1. The molecule has 1 rings (SSSR count). The second kappa shape index (κ2) is 21.0. The summed E-state index contributed by atoms with van der Waals surface area (Å²) in [6.45, 7) is 3.05. The lowest BCUT2D eigenvalue weighted by atomic mass is 10.1. The predicted octanol–water partition coefficient (Wildman–Crippen LogP) is 7.72. The van der Waals surface area contributed by atoms with Gasteiger partial charge in [-0.15, -0.1) is 11.8 Å². The number of hydrogen-bond acceptors (Lipinski definition) is 3. The molecule has 0 aromatic carbocycles. The van der Waals surface area contributed by atoms with Crippen LogP contribution in [-0.4, -0.2) is 23.2 Å². The number of carbonyl (C=O) groups excluding carboxylic acids is 1. The number of allylic oxidation sites excluding steroid dienone is 2. The average Bonchev–Trinajstić information content (AvgIpc) is 2.77. The van der Waals surface area contributed by atoms with E-state index in [0.29, 0.717) is 6.42 Å². The molecule has 30 heavy (non-hydrogen) atoms. The van der Waals surface area contributed by atoms with E-state index in [1.54, 1.807) is 0 Å². The molecular weight excluding hydrogens is 388 g/mol. The Hall–Kier alpha value is -1.29. The van der Waals surface area contributed by atoms with E-state index in [2.05, 4.69) is 29.4 Å². The molecule has 1 N–H and O–H groups in total. The highest BCUT2D eigenvalue weighted by atomic mass is 32.2. The van der Waals surface area contributed by atoms with Crippen molar-refractivity contribution in [2.24, 2.45) is 0 Å². The summed E-state index contributed by atoms with van der Waals surface area (Å²) in [5.41, 5.74) is 0. The van der Waals surface area contributed by atoms with E-state index < -0.39 is 0 Å². The van der Waals surface area contributed by atoms with Crippen LogP contribution >= 0.6 is 11.8 Å². The number of nitrogens with zero attached hydrogens (tertiary/aromatic N) is 1. The van der Waals surface area contributed by atoms with Gasteiger partial charge in [0.1, 0.15) is 0 Å². The summed E-state index contributed by atoms with van der Waals surface area (Å²) in [7, 11) is 0. The van der Waals surface area contributed by atoms with E-state index in [1.807, 2.05) is 36.3 Å². The molecule has 4 heteroatoms. The Balaban J connectivity index is 1.78. The lowest BCUT2D eigenvalue weighted by molar-refractivity contribution is -0.121. The molecule has 0 fully saturated rings. The summed E-state index contributed by atoms with van der Waals surface area (Å²) >= 11 is 1.82. The minimum Gasteiger partial charge on any atom is -0.356 e. The van der Waals surface area contributed by atoms with Crippen molar-refractivity contribution in [1.82, 2.24) is 10.3 Å². The quantitative estimate of drug-likeness (QED) is 0.130. The lowest BCUT2D eigenvalue weighted by Gasteiger charge is -2.05. The van der Waals surface area contributed by atoms with Gasteiger partial charge in [0, 0.05) is 30.3 Å². The second-order valence-corrected chi connectivity index (χ2v) is 9.24. The molecule has 0 aliphatic rings. The molecule has 1 aromatic heterocycles. The van der Waals surface area contributed by atoms with E-state index >= 15 is 0 Å². The van der Waals surface area contributed by atoms with E-state index in [4.69, 9.17) is 0 Å². The zero-order chi connectivity index (χ0) is 21.5. The van der Waals surface area contributed by atoms with Gasteiger partial charge in [-0.05, 0) is 56.4 Å². The van der Waals surface area contributed by atoms with Gasteiger partial charge < -0.3 is 5.32 Å². The monoisotopic (exact) mass is 432 g/mol. The maximum atomic E-state index is 11.9. The summed E-state index contributed by atoms with van der Waals surface area (Å²) in [5, 5.41) is 3.04. The maximum absolute atomic E-state index is 11.9. The Morgan fingerprint density at radius 1 is 0.867 bits per heavy atom. The molecule has 3 nitrogen and oxygen atoms in total. The molecule has 0 unspecified atom stereocenters. The topological polar surface area (TPSA) is 42.0 Å². The van der Waals surface area contributed by atoms with Gasteiger partial charge in [0.15, 0.2) is 0 Å². The summed E-state index contributed by atoms with van der Waals surface area (Å²) in [6, 6.07) is 4.05. The van der Waals surface area contributed by atoms with Gasteiger partial charge in [-0.1, -0.05) is 70.4 Å². The summed E-state index contributed by atoms with van der Waals surface area (Å²) in [6.07, 6.45) is 26.8. The fourth-order valence-electron chi connectivity index (χ4n) is 3.37. The first-order chi connectivity index (χ1) is 14.8. The molecule has 0 atom stereocenters. The Kier molecular flexibility index (Phi) is 18.7. The Morgan fingerprint density at radius 3 is 2.13 bits per heavy atom. The first-order valence-electron chi connectivity index (χ1n) is 12.3. The molecule has 170 valence electrons. The Labute approximate surface area is 189 Å². The van der Waals surface area contributed by atoms with Crippen molar-refractivity contribution in [2.45, 2.75) is 108 Å². The first-order valence-corrected chi connectivity index (χ1v) is 13.3. The Morgan fingerprint density at radius 2 is 1.47 bits per heavy atom. The van der Waals surface area contributed by atoms with Crippen molar-refractivity contribution in [2.75, 3.05) is 12.3 Å². The molecular formula is C26H44N2OS. The van der Waals surface area contributed by atoms with Crippen molar-refractivity contribution in [3.05, 3.63) is 36.7 Å². The zero-order valence-corrected chi connectivity index (χ0v) is 20.1. The number of unbranched alkanes of at least 4 members (excludes halogenated alkanes) is 11. The zero-order valence-electron chi connectivity index (χ0n) is 19.2. The summed E-state index contributed by atoms with van der Waals surface area (Å²) in [5.74, 6) is 1.24. The first kappa shape index (κ1) is 26.7. The van der Waals surface area contributed by atoms with Crippen LogP contribution in [0.15, 0.2) is 41.6 Å². The van der Waals surface area contributed by atoms with Crippen molar-refractivity contribution >= 4 is 17.7 Å². The van der Waals surface area contributed by atoms with E-state index in [0.717, 1.165) is 25.1 Å². The fraction of sp³-hybridized carbons (Fsp3) is 0.692. The minimum atomic E-state index is 0.210. The number of carbonyl (C=O) groups is 1. The molecule has 0 saturated carbocycles. The van der Waals surface area contributed by atoms with Crippen molar-refractivity contribution in [1.29, 1.82) is 0 Å². The molecule has 0 bridgehead atoms. The summed E-state index contributed by atoms with van der Waals surface area (Å²) in [4.78, 5) is 17.1. The van der Waals surface area contributed by atoms with Gasteiger partial charge in [-0.2, -0.15) is 0 Å². The number of rotatable bonds is 20. The number of nitrogens with one attached hydrogen (secondary N) is 1. The van der Waals surface area contributed by atoms with Crippen LogP contribution in [0, 0.1) is 0 Å². The third kappa shape index (κ3) is 17.6. The van der Waals surface area contributed by atoms with Crippen LogP contribution in [0.4, 0.5) is 0 Å². The van der Waals surface area contributed by atoms with Gasteiger partial charge in [-0.25, -0.2) is 0 Å². The molecule has 0 aliphatic heterocycles. The van der Waals surface area contributed by atoms with Crippen LogP contribution in [0.3, 0.4) is 0 Å². The lowest BCUT2D eigenvalue weighted by Crippen LogP contribution is -2.24. The van der Waals surface area contributed by atoms with Gasteiger partial charge in [-0.3, -0.25) is 9.78 Å². The molecule has 1 amide bonds. The molecule has 0 saturated heterocycles. The smallest absolute Gasteiger partial charge is 0.219 e. The van der Waals surface area contributed by atoms with Crippen LogP contribution in [0.25, 0.3) is 0 Å². The van der Waals surface area contributed by atoms with Crippen molar-refractivity contribution in [3.63, 3.8) is 0 Å². The fourth-order valence-corrected chi connectivity index (χ4v) is 4.21. The number of aromatic nitrogens is 1. The number of hydrogen-bond donors (Lipinski definition) is 1. The third-order valence-electron chi connectivity index (χ3n) is 5.23. The highest BCUT2D eigenvalue weighted by Gasteiger charge is 2.01. The Bertz CT molecular complexity index is 533. The number of amides is 1. The van der Waals surface area contributed by atoms with Crippen LogP contribution < -0.4 is 5.32 Å². The molecule has 1 aromatic rings. The normalized spacial score (nSPS) is 11.2. The minimum absolute atomic E-state index is 0.210. The van der Waals surface area contributed by atoms with Crippen LogP contribution in [-0.2, 0) is 4.79 Å². The van der Waals surface area contributed by atoms with Gasteiger partial charge in [0.2, 0.25) is 5.91 Å². The van der Waals surface area contributed by atoms with Crippen LogP contribution in [0.1, 0.15) is 103 Å². The average molecular weight is 433 g/mol.